The highest BCUT2D eigenvalue weighted by molar-refractivity contribution is 5.88. The Bertz CT molecular complexity index is 1100. The van der Waals surface area contributed by atoms with Crippen molar-refractivity contribution in [1.29, 1.82) is 0 Å². The molecule has 0 aliphatic heterocycles. The molecular formula is C20H24N8. The molecule has 0 fully saturated rings. The van der Waals surface area contributed by atoms with Crippen LogP contribution >= 0.6 is 0 Å². The molecule has 0 saturated carbocycles. The van der Waals surface area contributed by atoms with Crippen LogP contribution < -0.4 is 4.90 Å². The summed E-state index contributed by atoms with van der Waals surface area (Å²) in [5, 5.41) is 9.87. The number of nitrogens with zero attached hydrogens (tertiary/aromatic N) is 8. The van der Waals surface area contributed by atoms with Gasteiger partial charge in [0.05, 0.1) is 17.3 Å². The van der Waals surface area contributed by atoms with Crippen LogP contribution in [0.1, 0.15) is 17.8 Å². The number of rotatable bonds is 6. The summed E-state index contributed by atoms with van der Waals surface area (Å²) in [5.74, 6) is 1.57. The molecule has 0 amide bonds. The van der Waals surface area contributed by atoms with Crippen molar-refractivity contribution in [3.63, 3.8) is 0 Å². The molecule has 0 radical (unpaired) electrons. The van der Waals surface area contributed by atoms with Crippen molar-refractivity contribution >= 4 is 16.9 Å². The second kappa shape index (κ2) is 7.38. The number of anilines is 1. The van der Waals surface area contributed by atoms with Crippen LogP contribution in [-0.2, 0) is 13.6 Å². The van der Waals surface area contributed by atoms with Crippen molar-refractivity contribution in [2.75, 3.05) is 18.5 Å². The molecule has 8 heteroatoms. The normalized spacial score (nSPS) is 11.3. The molecule has 4 rings (SSSR count). The van der Waals surface area contributed by atoms with Crippen molar-refractivity contribution < 1.29 is 0 Å². The van der Waals surface area contributed by atoms with E-state index in [-0.39, 0.29) is 0 Å². The Morgan fingerprint density at radius 3 is 2.61 bits per heavy atom. The van der Waals surface area contributed by atoms with Crippen molar-refractivity contribution in [2.45, 2.75) is 26.8 Å². The molecule has 8 nitrogen and oxygen atoms in total. The van der Waals surface area contributed by atoms with Gasteiger partial charge >= 0.3 is 0 Å². The Kier molecular flexibility index (Phi) is 4.77. The minimum absolute atomic E-state index is 0.680. The molecule has 0 N–H and O–H groups in total. The van der Waals surface area contributed by atoms with E-state index < -0.39 is 0 Å². The predicted octanol–water partition coefficient (Wildman–Crippen LogP) is 2.77. The number of hydrogen-bond acceptors (Lipinski definition) is 6. The first kappa shape index (κ1) is 18.1. The van der Waals surface area contributed by atoms with Gasteiger partial charge in [0.25, 0.3) is 0 Å². The second-order valence-electron chi connectivity index (χ2n) is 7.04. The van der Waals surface area contributed by atoms with Crippen LogP contribution in [0.5, 0.6) is 0 Å². The van der Waals surface area contributed by atoms with Gasteiger partial charge in [0, 0.05) is 50.8 Å². The summed E-state index contributed by atoms with van der Waals surface area (Å²) in [6, 6.07) is 5.95. The second-order valence-corrected chi connectivity index (χ2v) is 7.04. The van der Waals surface area contributed by atoms with Crippen LogP contribution in [0, 0.1) is 13.8 Å². The monoisotopic (exact) mass is 376 g/mol. The molecule has 0 aliphatic rings. The van der Waals surface area contributed by atoms with Crippen molar-refractivity contribution in [1.82, 2.24) is 34.5 Å². The van der Waals surface area contributed by atoms with E-state index in [1.807, 2.05) is 32.3 Å². The molecule has 4 heterocycles. The first-order valence-electron chi connectivity index (χ1n) is 9.35. The smallest absolute Gasteiger partial charge is 0.164 e. The third-order valence-electron chi connectivity index (χ3n) is 4.84. The molecule has 0 aromatic carbocycles. The molecule has 4 aromatic heterocycles. The summed E-state index contributed by atoms with van der Waals surface area (Å²) in [6.45, 7) is 5.85. The van der Waals surface area contributed by atoms with Crippen LogP contribution in [0.2, 0.25) is 0 Å². The Morgan fingerprint density at radius 1 is 1.11 bits per heavy atom. The lowest BCUT2D eigenvalue weighted by Crippen LogP contribution is -2.22. The summed E-state index contributed by atoms with van der Waals surface area (Å²) in [4.78, 5) is 15.8. The molecule has 0 atom stereocenters. The van der Waals surface area contributed by atoms with Gasteiger partial charge in [-0.1, -0.05) is 0 Å². The van der Waals surface area contributed by atoms with Gasteiger partial charge in [-0.05, 0) is 38.5 Å². The Hall–Kier alpha value is -3.29. The van der Waals surface area contributed by atoms with Gasteiger partial charge < -0.3 is 4.90 Å². The van der Waals surface area contributed by atoms with Gasteiger partial charge in [-0.2, -0.15) is 10.2 Å². The lowest BCUT2D eigenvalue weighted by atomic mass is 10.2. The average molecular weight is 376 g/mol. The molecule has 0 saturated heterocycles. The van der Waals surface area contributed by atoms with E-state index in [2.05, 4.69) is 44.8 Å². The fourth-order valence-electron chi connectivity index (χ4n) is 3.39. The quantitative estimate of drug-likeness (QED) is 0.515. The van der Waals surface area contributed by atoms with E-state index >= 15 is 0 Å². The van der Waals surface area contributed by atoms with E-state index in [0.29, 0.717) is 5.82 Å². The minimum Gasteiger partial charge on any atom is -0.359 e. The number of aryl methyl sites for hydroxylation is 4. The van der Waals surface area contributed by atoms with Gasteiger partial charge in [-0.25, -0.2) is 9.97 Å². The fraction of sp³-hybridized carbons (Fsp3) is 0.350. The zero-order valence-electron chi connectivity index (χ0n) is 16.7. The predicted molar refractivity (Wildman–Crippen MR) is 109 cm³/mol. The maximum atomic E-state index is 4.84. The van der Waals surface area contributed by atoms with E-state index in [1.54, 1.807) is 17.1 Å². The molecule has 28 heavy (non-hydrogen) atoms. The Labute approximate surface area is 163 Å². The third kappa shape index (κ3) is 3.45. The van der Waals surface area contributed by atoms with Crippen LogP contribution in [0.25, 0.3) is 22.4 Å². The lowest BCUT2D eigenvalue weighted by Gasteiger charge is -2.20. The first-order chi connectivity index (χ1) is 13.5. The largest absolute Gasteiger partial charge is 0.359 e. The van der Waals surface area contributed by atoms with E-state index in [1.165, 1.54) is 5.69 Å². The molecule has 0 bridgehead atoms. The molecule has 0 aliphatic carbocycles. The summed E-state index contributed by atoms with van der Waals surface area (Å²) in [6.07, 6.45) is 6.31. The van der Waals surface area contributed by atoms with Gasteiger partial charge in [-0.3, -0.25) is 14.3 Å². The molecule has 144 valence electrons. The Morgan fingerprint density at radius 2 is 1.89 bits per heavy atom. The van der Waals surface area contributed by atoms with E-state index in [4.69, 9.17) is 9.97 Å². The topological polar surface area (TPSA) is 77.5 Å². The van der Waals surface area contributed by atoms with Gasteiger partial charge in [0.15, 0.2) is 11.5 Å². The standard InChI is InChI=1S/C20H24N8/c1-14-12-15(2)28(25-14)11-5-10-26(3)19-17-13-22-27(4)20(17)24-18(23-19)16-6-8-21-9-7-16/h6-9,12-13H,5,10-11H2,1-4H3. The van der Waals surface area contributed by atoms with Crippen LogP contribution in [-0.4, -0.2) is 48.1 Å². The maximum Gasteiger partial charge on any atom is 0.164 e. The Balaban J connectivity index is 1.60. The highest BCUT2D eigenvalue weighted by Crippen LogP contribution is 2.26. The zero-order chi connectivity index (χ0) is 19.7. The minimum atomic E-state index is 0.680. The maximum absolute atomic E-state index is 4.84. The average Bonchev–Trinajstić information content (AvgIpc) is 3.23. The highest BCUT2D eigenvalue weighted by Gasteiger charge is 2.16. The summed E-state index contributed by atoms with van der Waals surface area (Å²) in [7, 11) is 3.96. The highest BCUT2D eigenvalue weighted by atomic mass is 15.3. The molecule has 4 aromatic rings. The number of hydrogen-bond donors (Lipinski definition) is 0. The zero-order valence-corrected chi connectivity index (χ0v) is 16.7. The van der Waals surface area contributed by atoms with Crippen molar-refractivity contribution in [2.24, 2.45) is 7.05 Å². The number of aromatic nitrogens is 7. The number of fused-ring (bicyclic) bond motifs is 1. The summed E-state index contributed by atoms with van der Waals surface area (Å²) in [5.41, 5.74) is 4.01. The SMILES string of the molecule is Cc1cc(C)n(CCCN(C)c2nc(-c3ccncc3)nc3c2cnn3C)n1. The van der Waals surface area contributed by atoms with E-state index in [9.17, 15) is 0 Å². The van der Waals surface area contributed by atoms with Gasteiger partial charge in [-0.15, -0.1) is 0 Å². The molecule has 0 spiro atoms. The van der Waals surface area contributed by atoms with Crippen LogP contribution in [0.15, 0.2) is 36.8 Å². The van der Waals surface area contributed by atoms with Crippen molar-refractivity contribution in [3.05, 3.63) is 48.2 Å². The lowest BCUT2D eigenvalue weighted by molar-refractivity contribution is 0.561. The first-order valence-corrected chi connectivity index (χ1v) is 9.35. The fourth-order valence-corrected chi connectivity index (χ4v) is 3.39. The molecule has 0 unspecified atom stereocenters. The van der Waals surface area contributed by atoms with Crippen LogP contribution in [0.3, 0.4) is 0 Å². The summed E-state index contributed by atoms with van der Waals surface area (Å²) < 4.78 is 3.85. The number of pyridine rings is 1. The third-order valence-corrected chi connectivity index (χ3v) is 4.84. The van der Waals surface area contributed by atoms with E-state index in [0.717, 1.165) is 47.6 Å². The van der Waals surface area contributed by atoms with Gasteiger partial charge in [0.2, 0.25) is 0 Å². The van der Waals surface area contributed by atoms with Crippen molar-refractivity contribution in [3.8, 4) is 11.4 Å². The van der Waals surface area contributed by atoms with Gasteiger partial charge in [0.1, 0.15) is 5.82 Å². The van der Waals surface area contributed by atoms with Crippen LogP contribution in [0.4, 0.5) is 5.82 Å². The summed E-state index contributed by atoms with van der Waals surface area (Å²) >= 11 is 0. The molecular weight excluding hydrogens is 352 g/mol.